The number of ether oxygens (including phenoxy) is 1. The molecule has 21 heavy (non-hydrogen) atoms. The van der Waals surface area contributed by atoms with Crippen LogP contribution in [0.1, 0.15) is 51.4 Å². The zero-order valence-corrected chi connectivity index (χ0v) is 13.1. The van der Waals surface area contributed by atoms with Gasteiger partial charge in [0.1, 0.15) is 0 Å². The number of nitrogens with one attached hydrogen (secondary N) is 2. The highest BCUT2D eigenvalue weighted by Gasteiger charge is 2.39. The quantitative estimate of drug-likeness (QED) is 0.707. The standard InChI is InChI=1S/C17H30N2O2/c20-17(12-15-11-13-2-3-14(15)10-13)19-6-1-9-21-16-4-7-18-8-5-16/h13-16,18H,1-12H2,(H,19,20). The van der Waals surface area contributed by atoms with E-state index in [0.29, 0.717) is 12.0 Å². The van der Waals surface area contributed by atoms with Crippen molar-refractivity contribution < 1.29 is 9.53 Å². The maximum absolute atomic E-state index is 12.0. The number of carbonyl (C=O) groups is 1. The van der Waals surface area contributed by atoms with Gasteiger partial charge in [0, 0.05) is 19.6 Å². The molecule has 0 aromatic heterocycles. The predicted octanol–water partition coefficient (Wildman–Crippen LogP) is 2.09. The SMILES string of the molecule is O=C(CC1CC2CCC1C2)NCCCOC1CCNCC1. The van der Waals surface area contributed by atoms with Gasteiger partial charge in [0.25, 0.3) is 0 Å². The van der Waals surface area contributed by atoms with Gasteiger partial charge in [-0.15, -0.1) is 0 Å². The second-order valence-electron chi connectivity index (χ2n) is 7.16. The van der Waals surface area contributed by atoms with Crippen molar-refractivity contribution in [2.45, 2.75) is 57.5 Å². The van der Waals surface area contributed by atoms with Gasteiger partial charge in [0.2, 0.25) is 5.91 Å². The molecular formula is C17H30N2O2. The maximum Gasteiger partial charge on any atom is 0.220 e. The van der Waals surface area contributed by atoms with Gasteiger partial charge in [-0.25, -0.2) is 0 Å². The lowest BCUT2D eigenvalue weighted by Crippen LogP contribution is -2.33. The highest BCUT2D eigenvalue weighted by atomic mass is 16.5. The molecule has 120 valence electrons. The Kier molecular flexibility index (Phi) is 5.53. The van der Waals surface area contributed by atoms with E-state index in [4.69, 9.17) is 4.74 Å². The Labute approximate surface area is 128 Å². The van der Waals surface area contributed by atoms with Crippen molar-refractivity contribution in [2.24, 2.45) is 17.8 Å². The molecular weight excluding hydrogens is 264 g/mol. The molecule has 4 heteroatoms. The van der Waals surface area contributed by atoms with Gasteiger partial charge < -0.3 is 15.4 Å². The van der Waals surface area contributed by atoms with Gasteiger partial charge >= 0.3 is 0 Å². The summed E-state index contributed by atoms with van der Waals surface area (Å²) < 4.78 is 5.85. The summed E-state index contributed by atoms with van der Waals surface area (Å²) in [4.78, 5) is 12.0. The molecule has 2 saturated carbocycles. The van der Waals surface area contributed by atoms with Crippen molar-refractivity contribution in [1.82, 2.24) is 10.6 Å². The molecule has 0 radical (unpaired) electrons. The van der Waals surface area contributed by atoms with Gasteiger partial charge in [-0.2, -0.15) is 0 Å². The molecule has 1 amide bonds. The summed E-state index contributed by atoms with van der Waals surface area (Å²) in [5.74, 6) is 2.72. The summed E-state index contributed by atoms with van der Waals surface area (Å²) in [5, 5.41) is 6.42. The van der Waals surface area contributed by atoms with Gasteiger partial charge in [0.15, 0.2) is 0 Å². The van der Waals surface area contributed by atoms with Crippen molar-refractivity contribution in [3.63, 3.8) is 0 Å². The molecule has 2 bridgehead atoms. The Morgan fingerprint density at radius 2 is 2.00 bits per heavy atom. The number of hydrogen-bond donors (Lipinski definition) is 2. The first kappa shape index (κ1) is 15.3. The average Bonchev–Trinajstić information content (AvgIpc) is 3.10. The molecule has 3 atom stereocenters. The number of amides is 1. The minimum atomic E-state index is 0.259. The van der Waals surface area contributed by atoms with Crippen molar-refractivity contribution in [3.05, 3.63) is 0 Å². The fourth-order valence-electron chi connectivity index (χ4n) is 4.45. The van der Waals surface area contributed by atoms with E-state index in [1.165, 1.54) is 25.7 Å². The van der Waals surface area contributed by atoms with Crippen molar-refractivity contribution in [1.29, 1.82) is 0 Å². The lowest BCUT2D eigenvalue weighted by molar-refractivity contribution is -0.122. The molecule has 2 aliphatic carbocycles. The summed E-state index contributed by atoms with van der Waals surface area (Å²) in [7, 11) is 0. The Morgan fingerprint density at radius 1 is 1.14 bits per heavy atom. The molecule has 1 aliphatic heterocycles. The van der Waals surface area contributed by atoms with Gasteiger partial charge in [-0.3, -0.25) is 4.79 Å². The third kappa shape index (κ3) is 4.43. The summed E-state index contributed by atoms with van der Waals surface area (Å²) in [6.45, 7) is 3.69. The monoisotopic (exact) mass is 294 g/mol. The number of fused-ring (bicyclic) bond motifs is 2. The molecule has 1 heterocycles. The van der Waals surface area contributed by atoms with Crippen LogP contribution in [-0.2, 0) is 9.53 Å². The molecule has 0 spiro atoms. The molecule has 4 nitrogen and oxygen atoms in total. The van der Waals surface area contributed by atoms with Gasteiger partial charge in [0.05, 0.1) is 6.10 Å². The van der Waals surface area contributed by atoms with E-state index in [1.54, 1.807) is 0 Å². The third-order valence-electron chi connectivity index (χ3n) is 5.62. The number of carbonyl (C=O) groups excluding carboxylic acids is 1. The molecule has 1 saturated heterocycles. The first-order valence-electron chi connectivity index (χ1n) is 8.90. The molecule has 3 rings (SSSR count). The van der Waals surface area contributed by atoms with E-state index < -0.39 is 0 Å². The van der Waals surface area contributed by atoms with E-state index in [1.807, 2.05) is 0 Å². The Morgan fingerprint density at radius 3 is 2.71 bits per heavy atom. The Balaban J connectivity index is 1.21. The van der Waals surface area contributed by atoms with Crippen LogP contribution in [0.2, 0.25) is 0 Å². The van der Waals surface area contributed by atoms with Crippen LogP contribution >= 0.6 is 0 Å². The van der Waals surface area contributed by atoms with Crippen LogP contribution in [0.4, 0.5) is 0 Å². The minimum Gasteiger partial charge on any atom is -0.378 e. The topological polar surface area (TPSA) is 50.4 Å². The third-order valence-corrected chi connectivity index (χ3v) is 5.62. The van der Waals surface area contributed by atoms with Crippen LogP contribution in [0.5, 0.6) is 0 Å². The van der Waals surface area contributed by atoms with Crippen LogP contribution in [0.15, 0.2) is 0 Å². The van der Waals surface area contributed by atoms with E-state index in [9.17, 15) is 4.79 Å². The van der Waals surface area contributed by atoms with Crippen molar-refractivity contribution in [2.75, 3.05) is 26.2 Å². The summed E-state index contributed by atoms with van der Waals surface area (Å²) in [6, 6.07) is 0. The fraction of sp³-hybridized carbons (Fsp3) is 0.941. The number of hydrogen-bond acceptors (Lipinski definition) is 3. The zero-order chi connectivity index (χ0) is 14.5. The number of rotatable bonds is 7. The van der Waals surface area contributed by atoms with Crippen molar-refractivity contribution >= 4 is 5.91 Å². The smallest absolute Gasteiger partial charge is 0.220 e. The first-order chi connectivity index (χ1) is 10.3. The second-order valence-corrected chi connectivity index (χ2v) is 7.16. The largest absolute Gasteiger partial charge is 0.378 e. The van der Waals surface area contributed by atoms with Crippen LogP contribution in [0.25, 0.3) is 0 Å². The molecule has 2 N–H and O–H groups in total. The molecule has 3 fully saturated rings. The van der Waals surface area contributed by atoms with Crippen LogP contribution in [0.3, 0.4) is 0 Å². The maximum atomic E-state index is 12.0. The van der Waals surface area contributed by atoms with E-state index in [-0.39, 0.29) is 5.91 Å². The van der Waals surface area contributed by atoms with E-state index in [2.05, 4.69) is 10.6 Å². The first-order valence-corrected chi connectivity index (χ1v) is 8.90. The molecule has 3 aliphatic rings. The highest BCUT2D eigenvalue weighted by Crippen LogP contribution is 2.49. The normalized spacial score (nSPS) is 32.5. The van der Waals surface area contributed by atoms with Gasteiger partial charge in [-0.1, -0.05) is 6.42 Å². The predicted molar refractivity (Wildman–Crippen MR) is 83.0 cm³/mol. The van der Waals surface area contributed by atoms with Crippen LogP contribution in [0, 0.1) is 17.8 Å². The summed E-state index contributed by atoms with van der Waals surface area (Å²) in [6.07, 6.45) is 9.84. The summed E-state index contributed by atoms with van der Waals surface area (Å²) in [5.41, 5.74) is 0. The highest BCUT2D eigenvalue weighted by molar-refractivity contribution is 5.76. The lowest BCUT2D eigenvalue weighted by atomic mass is 9.86. The van der Waals surface area contributed by atoms with Crippen LogP contribution < -0.4 is 10.6 Å². The Bertz CT molecular complexity index is 342. The zero-order valence-electron chi connectivity index (χ0n) is 13.1. The molecule has 0 aromatic carbocycles. The van der Waals surface area contributed by atoms with E-state index in [0.717, 1.165) is 63.8 Å². The van der Waals surface area contributed by atoms with E-state index >= 15 is 0 Å². The van der Waals surface area contributed by atoms with Gasteiger partial charge in [-0.05, 0) is 69.4 Å². The molecule has 0 aromatic rings. The molecule has 3 unspecified atom stereocenters. The fourth-order valence-corrected chi connectivity index (χ4v) is 4.45. The lowest BCUT2D eigenvalue weighted by Gasteiger charge is -2.23. The minimum absolute atomic E-state index is 0.259. The average molecular weight is 294 g/mol. The van der Waals surface area contributed by atoms with Crippen LogP contribution in [-0.4, -0.2) is 38.3 Å². The number of piperidine rings is 1. The summed E-state index contributed by atoms with van der Waals surface area (Å²) >= 11 is 0. The van der Waals surface area contributed by atoms with Crippen molar-refractivity contribution in [3.8, 4) is 0 Å². The second kappa shape index (κ2) is 7.59. The Hall–Kier alpha value is -0.610.